The van der Waals surface area contributed by atoms with Crippen molar-refractivity contribution >= 4 is 39.9 Å². The van der Waals surface area contributed by atoms with Gasteiger partial charge in [0.25, 0.3) is 5.91 Å². The van der Waals surface area contributed by atoms with Crippen LogP contribution in [0.1, 0.15) is 17.5 Å². The Morgan fingerprint density at radius 2 is 1.84 bits per heavy atom. The Morgan fingerprint density at radius 1 is 1.06 bits per heavy atom. The number of benzene rings is 3. The monoisotopic (exact) mass is 416 g/mol. The smallest absolute Gasteiger partial charge is 0.311 e. The van der Waals surface area contributed by atoms with Crippen LogP contribution in [-0.2, 0) is 19.1 Å². The van der Waals surface area contributed by atoms with E-state index in [4.69, 9.17) is 4.74 Å². The van der Waals surface area contributed by atoms with Crippen molar-refractivity contribution in [2.75, 3.05) is 23.4 Å². The molecule has 3 aromatic rings. The van der Waals surface area contributed by atoms with Crippen molar-refractivity contribution in [2.45, 2.75) is 20.3 Å². The van der Waals surface area contributed by atoms with Gasteiger partial charge < -0.3 is 15.0 Å². The zero-order valence-corrected chi connectivity index (χ0v) is 17.6. The number of hydrogen-bond acceptors (Lipinski definition) is 4. The summed E-state index contributed by atoms with van der Waals surface area (Å²) in [5.41, 5.74) is 3.51. The second kappa shape index (κ2) is 8.60. The number of nitrogens with one attached hydrogen (secondary N) is 1. The van der Waals surface area contributed by atoms with Crippen molar-refractivity contribution < 1.29 is 19.1 Å². The van der Waals surface area contributed by atoms with Crippen LogP contribution in [0.15, 0.2) is 60.7 Å². The average Bonchev–Trinajstić information content (AvgIpc) is 3.15. The normalized spacial score (nSPS) is 15.9. The summed E-state index contributed by atoms with van der Waals surface area (Å²) in [6.45, 7) is 3.74. The highest BCUT2D eigenvalue weighted by Gasteiger charge is 2.36. The molecule has 1 atom stereocenters. The van der Waals surface area contributed by atoms with Gasteiger partial charge in [0.15, 0.2) is 6.61 Å². The van der Waals surface area contributed by atoms with E-state index in [9.17, 15) is 14.4 Å². The summed E-state index contributed by atoms with van der Waals surface area (Å²) in [4.78, 5) is 39.0. The number of anilines is 2. The molecule has 1 saturated heterocycles. The zero-order chi connectivity index (χ0) is 22.0. The van der Waals surface area contributed by atoms with Crippen molar-refractivity contribution in [2.24, 2.45) is 5.92 Å². The summed E-state index contributed by atoms with van der Waals surface area (Å²) in [5, 5.41) is 4.74. The van der Waals surface area contributed by atoms with Crippen LogP contribution in [0.3, 0.4) is 0 Å². The molecule has 0 spiro atoms. The summed E-state index contributed by atoms with van der Waals surface area (Å²) in [5.74, 6) is -1.67. The Kier molecular flexibility index (Phi) is 5.71. The van der Waals surface area contributed by atoms with Gasteiger partial charge in [0.2, 0.25) is 5.91 Å². The van der Waals surface area contributed by atoms with E-state index in [1.54, 1.807) is 4.90 Å². The molecule has 0 aromatic heterocycles. The predicted molar refractivity (Wildman–Crippen MR) is 120 cm³/mol. The van der Waals surface area contributed by atoms with E-state index in [0.29, 0.717) is 5.69 Å². The average molecular weight is 416 g/mol. The van der Waals surface area contributed by atoms with Crippen LogP contribution in [0.4, 0.5) is 11.4 Å². The summed E-state index contributed by atoms with van der Waals surface area (Å²) in [7, 11) is 0. The van der Waals surface area contributed by atoms with Gasteiger partial charge in [0, 0.05) is 24.0 Å². The maximum atomic E-state index is 12.6. The van der Waals surface area contributed by atoms with Gasteiger partial charge in [-0.25, -0.2) is 0 Å². The second-order valence-electron chi connectivity index (χ2n) is 7.88. The third kappa shape index (κ3) is 4.43. The maximum Gasteiger partial charge on any atom is 0.311 e. The quantitative estimate of drug-likeness (QED) is 0.638. The van der Waals surface area contributed by atoms with Crippen LogP contribution < -0.4 is 10.2 Å². The molecule has 158 valence electrons. The van der Waals surface area contributed by atoms with Crippen LogP contribution in [0.5, 0.6) is 0 Å². The van der Waals surface area contributed by atoms with Gasteiger partial charge in [0.05, 0.1) is 11.6 Å². The summed E-state index contributed by atoms with van der Waals surface area (Å²) in [6, 6.07) is 19.3. The van der Waals surface area contributed by atoms with Crippen molar-refractivity contribution in [3.05, 3.63) is 71.8 Å². The van der Waals surface area contributed by atoms with Crippen molar-refractivity contribution in [3.63, 3.8) is 0 Å². The Hall–Kier alpha value is -3.67. The van der Waals surface area contributed by atoms with E-state index in [2.05, 4.69) is 5.32 Å². The Labute approximate surface area is 180 Å². The molecule has 4 rings (SSSR count). The van der Waals surface area contributed by atoms with Gasteiger partial charge in [-0.05, 0) is 36.9 Å². The number of carbonyl (C=O) groups is 3. The Balaban J connectivity index is 1.37. The molecule has 1 fully saturated rings. The van der Waals surface area contributed by atoms with Gasteiger partial charge in [-0.3, -0.25) is 14.4 Å². The molecule has 0 radical (unpaired) electrons. The first kappa shape index (κ1) is 20.6. The number of hydrogen-bond donors (Lipinski definition) is 1. The molecule has 1 N–H and O–H groups in total. The summed E-state index contributed by atoms with van der Waals surface area (Å²) in [6.07, 6.45) is 0.0702. The maximum absolute atomic E-state index is 12.6. The van der Waals surface area contributed by atoms with Crippen molar-refractivity contribution in [1.82, 2.24) is 0 Å². The van der Waals surface area contributed by atoms with Crippen LogP contribution in [0, 0.1) is 19.8 Å². The van der Waals surface area contributed by atoms with Crippen LogP contribution in [-0.4, -0.2) is 30.9 Å². The number of aryl methyl sites for hydroxylation is 2. The molecular weight excluding hydrogens is 392 g/mol. The predicted octanol–water partition coefficient (Wildman–Crippen LogP) is 3.99. The van der Waals surface area contributed by atoms with Crippen molar-refractivity contribution in [1.29, 1.82) is 0 Å². The Bertz CT molecular complexity index is 1170. The molecule has 1 aliphatic rings. The molecule has 31 heavy (non-hydrogen) atoms. The lowest BCUT2D eigenvalue weighted by molar-refractivity contribution is -0.151. The fourth-order valence-corrected chi connectivity index (χ4v) is 3.94. The van der Waals surface area contributed by atoms with Gasteiger partial charge in [-0.15, -0.1) is 0 Å². The van der Waals surface area contributed by atoms with Crippen LogP contribution in [0.25, 0.3) is 10.8 Å². The number of rotatable bonds is 5. The molecular formula is C25H24N2O4. The zero-order valence-electron chi connectivity index (χ0n) is 17.6. The van der Waals surface area contributed by atoms with Crippen LogP contribution >= 0.6 is 0 Å². The summed E-state index contributed by atoms with van der Waals surface area (Å²) < 4.78 is 5.21. The lowest BCUT2D eigenvalue weighted by atomic mass is 10.1. The third-order valence-corrected chi connectivity index (χ3v) is 5.52. The first-order valence-corrected chi connectivity index (χ1v) is 10.2. The molecule has 0 bridgehead atoms. The number of fused-ring (bicyclic) bond motifs is 1. The molecule has 0 aliphatic carbocycles. The minimum Gasteiger partial charge on any atom is -0.455 e. The lowest BCUT2D eigenvalue weighted by Gasteiger charge is -2.18. The highest BCUT2D eigenvalue weighted by atomic mass is 16.5. The van der Waals surface area contributed by atoms with Gasteiger partial charge in [-0.1, -0.05) is 54.1 Å². The summed E-state index contributed by atoms with van der Waals surface area (Å²) >= 11 is 0. The minimum absolute atomic E-state index is 0.0702. The van der Waals surface area contributed by atoms with E-state index in [0.717, 1.165) is 27.6 Å². The number of amides is 2. The number of esters is 1. The highest BCUT2D eigenvalue weighted by Crippen LogP contribution is 2.32. The standard InChI is InChI=1S/C25H24N2O4/c1-16-10-11-21(17(2)12-16)26-23(28)15-31-25(30)19-13-24(29)27(14-19)22-9-5-7-18-6-3-4-8-20(18)22/h3-12,19H,13-15H2,1-2H3,(H,26,28)/t19-/m1/s1. The molecule has 6 heteroatoms. The first-order chi connectivity index (χ1) is 14.9. The van der Waals surface area contributed by atoms with Gasteiger partial charge in [0.1, 0.15) is 0 Å². The van der Waals surface area contributed by atoms with Crippen molar-refractivity contribution in [3.8, 4) is 0 Å². The molecule has 1 aliphatic heterocycles. The fourth-order valence-electron chi connectivity index (χ4n) is 3.94. The second-order valence-corrected chi connectivity index (χ2v) is 7.88. The molecule has 0 unspecified atom stereocenters. The molecule has 3 aromatic carbocycles. The highest BCUT2D eigenvalue weighted by molar-refractivity contribution is 6.06. The van der Waals surface area contributed by atoms with Crippen LogP contribution in [0.2, 0.25) is 0 Å². The van der Waals surface area contributed by atoms with Gasteiger partial charge in [-0.2, -0.15) is 0 Å². The minimum atomic E-state index is -0.597. The van der Waals surface area contributed by atoms with E-state index in [-0.39, 0.29) is 25.5 Å². The van der Waals surface area contributed by atoms with Gasteiger partial charge >= 0.3 is 5.97 Å². The van der Waals surface area contributed by atoms with E-state index in [1.807, 2.05) is 74.5 Å². The van der Waals surface area contributed by atoms with E-state index < -0.39 is 17.8 Å². The first-order valence-electron chi connectivity index (χ1n) is 10.2. The SMILES string of the molecule is Cc1ccc(NC(=O)COC(=O)[C@@H]2CC(=O)N(c3cccc4ccccc34)C2)c(C)c1. The fraction of sp³-hybridized carbons (Fsp3) is 0.240. The van der Waals surface area contributed by atoms with E-state index in [1.165, 1.54) is 0 Å². The topological polar surface area (TPSA) is 75.7 Å². The molecule has 1 heterocycles. The van der Waals surface area contributed by atoms with E-state index >= 15 is 0 Å². The molecule has 2 amide bonds. The largest absolute Gasteiger partial charge is 0.455 e. The third-order valence-electron chi connectivity index (χ3n) is 5.52. The Morgan fingerprint density at radius 3 is 2.65 bits per heavy atom. The number of nitrogens with zero attached hydrogens (tertiary/aromatic N) is 1. The lowest BCUT2D eigenvalue weighted by Crippen LogP contribution is -2.28. The molecule has 0 saturated carbocycles. The number of ether oxygens (including phenoxy) is 1. The molecule has 6 nitrogen and oxygen atoms in total. The number of carbonyl (C=O) groups excluding carboxylic acids is 3.